The highest BCUT2D eigenvalue weighted by molar-refractivity contribution is 5.88. The molecule has 0 aromatic heterocycles. The Kier molecular flexibility index (Phi) is 3.79. The summed E-state index contributed by atoms with van der Waals surface area (Å²) in [5, 5.41) is 12.2. The average molecular weight is 292 g/mol. The van der Waals surface area contributed by atoms with Crippen LogP contribution >= 0.6 is 0 Å². The molecule has 0 amide bonds. The predicted molar refractivity (Wildman–Crippen MR) is 85.9 cm³/mol. The Balaban J connectivity index is 2.16. The first-order valence-corrected chi connectivity index (χ1v) is 7.05. The van der Waals surface area contributed by atoms with Crippen LogP contribution in [0.5, 0.6) is 5.75 Å². The van der Waals surface area contributed by atoms with Crippen LogP contribution in [0.25, 0.3) is 10.8 Å². The summed E-state index contributed by atoms with van der Waals surface area (Å²) in [6, 6.07) is 20.6. The second-order valence-corrected chi connectivity index (χ2v) is 5.12. The van der Waals surface area contributed by atoms with Gasteiger partial charge in [-0.05, 0) is 28.5 Å². The average Bonchev–Trinajstić information content (AvgIpc) is 2.56. The van der Waals surface area contributed by atoms with Gasteiger partial charge in [0.2, 0.25) is 0 Å². The van der Waals surface area contributed by atoms with Gasteiger partial charge < -0.3 is 9.84 Å². The number of phenolic OH excluding ortho intramolecular Hbond substituents is 1. The van der Waals surface area contributed by atoms with Crippen LogP contribution < -0.4 is 0 Å². The fourth-order valence-electron chi connectivity index (χ4n) is 2.68. The van der Waals surface area contributed by atoms with E-state index in [-0.39, 0.29) is 5.75 Å². The summed E-state index contributed by atoms with van der Waals surface area (Å²) in [6.45, 7) is 0. The van der Waals surface area contributed by atoms with Gasteiger partial charge in [0.1, 0.15) is 11.7 Å². The Bertz CT molecular complexity index is 824. The zero-order chi connectivity index (χ0) is 15.5. The molecule has 3 aromatic carbocycles. The van der Waals surface area contributed by atoms with E-state index < -0.39 is 11.9 Å². The third-order valence-corrected chi connectivity index (χ3v) is 3.79. The number of methoxy groups -OCH3 is 1. The van der Waals surface area contributed by atoms with Gasteiger partial charge in [-0.3, -0.25) is 4.79 Å². The number of ether oxygens (including phenoxy) is 1. The molecule has 1 unspecified atom stereocenters. The topological polar surface area (TPSA) is 46.5 Å². The molecule has 1 N–H and O–H groups in total. The molecule has 3 heteroatoms. The van der Waals surface area contributed by atoms with Crippen molar-refractivity contribution in [3.05, 3.63) is 77.9 Å². The maximum absolute atomic E-state index is 12.3. The zero-order valence-corrected chi connectivity index (χ0v) is 12.2. The van der Waals surface area contributed by atoms with Crippen molar-refractivity contribution in [1.82, 2.24) is 0 Å². The molecular formula is C19H16O3. The summed E-state index contributed by atoms with van der Waals surface area (Å²) >= 11 is 0. The molecule has 0 aliphatic carbocycles. The maximum Gasteiger partial charge on any atom is 0.317 e. The van der Waals surface area contributed by atoms with Crippen LogP contribution in [0, 0.1) is 0 Å². The Labute approximate surface area is 128 Å². The van der Waals surface area contributed by atoms with Crippen LogP contribution in [0.4, 0.5) is 0 Å². The van der Waals surface area contributed by atoms with Crippen LogP contribution in [0.15, 0.2) is 66.7 Å². The lowest BCUT2D eigenvalue weighted by atomic mass is 9.89. The number of carbonyl (C=O) groups is 1. The van der Waals surface area contributed by atoms with Crippen molar-refractivity contribution in [2.24, 2.45) is 0 Å². The largest absolute Gasteiger partial charge is 0.508 e. The summed E-state index contributed by atoms with van der Waals surface area (Å²) in [6.07, 6.45) is 0. The third-order valence-electron chi connectivity index (χ3n) is 3.79. The molecule has 0 fully saturated rings. The lowest BCUT2D eigenvalue weighted by Crippen LogP contribution is -2.15. The number of hydrogen-bond acceptors (Lipinski definition) is 3. The number of benzene rings is 3. The third kappa shape index (κ3) is 2.53. The van der Waals surface area contributed by atoms with Crippen molar-refractivity contribution in [3.8, 4) is 5.75 Å². The lowest BCUT2D eigenvalue weighted by molar-refractivity contribution is -0.141. The summed E-state index contributed by atoms with van der Waals surface area (Å²) in [5.41, 5.74) is 1.34. The molecule has 3 rings (SSSR count). The molecule has 0 radical (unpaired) electrons. The number of para-hydroxylation sites is 1. The van der Waals surface area contributed by atoms with Crippen molar-refractivity contribution in [2.45, 2.75) is 5.92 Å². The summed E-state index contributed by atoms with van der Waals surface area (Å²) < 4.78 is 4.94. The van der Waals surface area contributed by atoms with Gasteiger partial charge in [0.25, 0.3) is 0 Å². The molecule has 0 aliphatic heterocycles. The van der Waals surface area contributed by atoms with Gasteiger partial charge in [0.05, 0.1) is 7.11 Å². The molecule has 1 atom stereocenters. The van der Waals surface area contributed by atoms with Gasteiger partial charge in [-0.2, -0.15) is 0 Å². The SMILES string of the molecule is COC(=O)C(c1ccc2ccccc2c1)c1ccccc1O. The van der Waals surface area contributed by atoms with E-state index >= 15 is 0 Å². The van der Waals surface area contributed by atoms with E-state index in [9.17, 15) is 9.90 Å². The van der Waals surface area contributed by atoms with E-state index in [4.69, 9.17) is 4.74 Å². The molecule has 0 heterocycles. The van der Waals surface area contributed by atoms with E-state index in [2.05, 4.69) is 0 Å². The number of fused-ring (bicyclic) bond motifs is 1. The van der Waals surface area contributed by atoms with Crippen molar-refractivity contribution < 1.29 is 14.6 Å². The number of aromatic hydroxyl groups is 1. The van der Waals surface area contributed by atoms with Crippen LogP contribution in [0.3, 0.4) is 0 Å². The minimum atomic E-state index is -0.643. The first kappa shape index (κ1) is 14.1. The molecule has 0 saturated carbocycles. The van der Waals surface area contributed by atoms with Gasteiger partial charge in [-0.15, -0.1) is 0 Å². The quantitative estimate of drug-likeness (QED) is 0.746. The number of phenols is 1. The van der Waals surface area contributed by atoms with E-state index in [0.29, 0.717) is 5.56 Å². The van der Waals surface area contributed by atoms with Crippen molar-refractivity contribution >= 4 is 16.7 Å². The number of hydrogen-bond donors (Lipinski definition) is 1. The van der Waals surface area contributed by atoms with Crippen LogP contribution in [0.1, 0.15) is 17.0 Å². The van der Waals surface area contributed by atoms with E-state index in [0.717, 1.165) is 16.3 Å². The van der Waals surface area contributed by atoms with Gasteiger partial charge >= 0.3 is 5.97 Å². The smallest absolute Gasteiger partial charge is 0.317 e. The molecule has 0 spiro atoms. The van der Waals surface area contributed by atoms with Gasteiger partial charge in [0.15, 0.2) is 0 Å². The van der Waals surface area contributed by atoms with Crippen LogP contribution in [-0.2, 0) is 9.53 Å². The summed E-state index contributed by atoms with van der Waals surface area (Å²) in [5.74, 6) is -0.946. The Morgan fingerprint density at radius 3 is 2.36 bits per heavy atom. The Morgan fingerprint density at radius 1 is 0.955 bits per heavy atom. The zero-order valence-electron chi connectivity index (χ0n) is 12.2. The molecule has 0 saturated heterocycles. The second kappa shape index (κ2) is 5.90. The highest BCUT2D eigenvalue weighted by Crippen LogP contribution is 2.33. The minimum absolute atomic E-state index is 0.0889. The van der Waals surface area contributed by atoms with E-state index in [1.165, 1.54) is 7.11 Å². The minimum Gasteiger partial charge on any atom is -0.508 e. The molecule has 3 aromatic rings. The van der Waals surface area contributed by atoms with E-state index in [1.54, 1.807) is 24.3 Å². The molecule has 3 nitrogen and oxygen atoms in total. The predicted octanol–water partition coefficient (Wildman–Crippen LogP) is 3.85. The Hall–Kier alpha value is -2.81. The van der Waals surface area contributed by atoms with Crippen LogP contribution in [-0.4, -0.2) is 18.2 Å². The van der Waals surface area contributed by atoms with Gasteiger partial charge in [0, 0.05) is 5.56 Å². The maximum atomic E-state index is 12.3. The number of rotatable bonds is 3. The number of carbonyl (C=O) groups excluding carboxylic acids is 1. The van der Waals surface area contributed by atoms with Crippen molar-refractivity contribution in [2.75, 3.05) is 7.11 Å². The van der Waals surface area contributed by atoms with Crippen molar-refractivity contribution in [1.29, 1.82) is 0 Å². The summed E-state index contributed by atoms with van der Waals surface area (Å²) in [7, 11) is 1.36. The second-order valence-electron chi connectivity index (χ2n) is 5.12. The first-order chi connectivity index (χ1) is 10.7. The van der Waals surface area contributed by atoms with Crippen molar-refractivity contribution in [3.63, 3.8) is 0 Å². The molecular weight excluding hydrogens is 276 g/mol. The summed E-state index contributed by atoms with van der Waals surface area (Å²) in [4.78, 5) is 12.3. The normalized spacial score (nSPS) is 12.0. The highest BCUT2D eigenvalue weighted by Gasteiger charge is 2.26. The monoisotopic (exact) mass is 292 g/mol. The molecule has 22 heavy (non-hydrogen) atoms. The van der Waals surface area contributed by atoms with Gasteiger partial charge in [-0.1, -0.05) is 54.6 Å². The van der Waals surface area contributed by atoms with Crippen LogP contribution in [0.2, 0.25) is 0 Å². The highest BCUT2D eigenvalue weighted by atomic mass is 16.5. The standard InChI is InChI=1S/C19H16O3/c1-22-19(21)18(16-8-4-5-9-17(16)20)15-11-10-13-6-2-3-7-14(13)12-15/h2-12,18,20H,1H3. The fraction of sp³-hybridized carbons (Fsp3) is 0.105. The fourth-order valence-corrected chi connectivity index (χ4v) is 2.68. The molecule has 0 aliphatic rings. The lowest BCUT2D eigenvalue weighted by Gasteiger charge is -2.17. The molecule has 110 valence electrons. The Morgan fingerprint density at radius 2 is 1.64 bits per heavy atom. The first-order valence-electron chi connectivity index (χ1n) is 7.05. The molecule has 0 bridgehead atoms. The number of esters is 1. The van der Waals surface area contributed by atoms with Gasteiger partial charge in [-0.25, -0.2) is 0 Å². The van der Waals surface area contributed by atoms with E-state index in [1.807, 2.05) is 42.5 Å².